The number of hydrogen-bond acceptors (Lipinski definition) is 6. The molecule has 0 unspecified atom stereocenters. The van der Waals surface area contributed by atoms with Gasteiger partial charge in [-0.05, 0) is 98.3 Å². The molecule has 2 aromatic carbocycles. The number of amides is 1. The third-order valence-electron chi connectivity index (χ3n) is 10.8. The van der Waals surface area contributed by atoms with Crippen LogP contribution in [0, 0.1) is 24.6 Å². The van der Waals surface area contributed by atoms with Crippen molar-refractivity contribution in [3.05, 3.63) is 88.8 Å². The van der Waals surface area contributed by atoms with E-state index in [9.17, 15) is 13.2 Å². The number of alkyl carbamates (subject to hydrolysis) is 1. The fraction of sp³-hybridized carbons (Fsp3) is 0.543. The van der Waals surface area contributed by atoms with E-state index in [2.05, 4.69) is 44.0 Å². The summed E-state index contributed by atoms with van der Waals surface area (Å²) in [5.41, 5.74) is 3.98. The summed E-state index contributed by atoms with van der Waals surface area (Å²) >= 11 is 0. The van der Waals surface area contributed by atoms with Gasteiger partial charge >= 0.3 is 6.09 Å². The van der Waals surface area contributed by atoms with Crippen molar-refractivity contribution in [1.82, 2.24) is 24.1 Å². The SMILES string of the molecule is COC(=O)N[C@H]1CCC[C@@H]1[C@](Cn1ccnc1C)(c1cccc(F)c1)C1CCN(CCc2ccc3c(c2)CN(S(C)(=O)=O)C3)CC1. The van der Waals surface area contributed by atoms with E-state index in [1.165, 1.54) is 29.3 Å². The highest BCUT2D eigenvalue weighted by Crippen LogP contribution is 2.51. The Morgan fingerprint density at radius 2 is 1.87 bits per heavy atom. The molecular weight excluding hydrogens is 605 g/mol. The summed E-state index contributed by atoms with van der Waals surface area (Å²) in [7, 11) is -1.82. The van der Waals surface area contributed by atoms with Crippen molar-refractivity contribution in [2.75, 3.05) is 33.0 Å². The molecule has 0 spiro atoms. The average molecular weight is 652 g/mol. The molecule has 3 aromatic rings. The molecule has 1 N–H and O–H groups in total. The lowest BCUT2D eigenvalue weighted by molar-refractivity contribution is 0.0612. The maximum atomic E-state index is 15.0. The summed E-state index contributed by atoms with van der Waals surface area (Å²) in [5, 5.41) is 3.15. The van der Waals surface area contributed by atoms with E-state index in [1.807, 2.05) is 25.4 Å². The molecule has 3 aliphatic rings. The molecule has 11 heteroatoms. The predicted octanol–water partition coefficient (Wildman–Crippen LogP) is 5.02. The first kappa shape index (κ1) is 32.7. The van der Waals surface area contributed by atoms with Crippen LogP contribution in [0.25, 0.3) is 0 Å². The number of carbonyl (C=O) groups excluding carboxylic acids is 1. The minimum atomic E-state index is -3.22. The Labute approximate surface area is 272 Å². The first-order valence-corrected chi connectivity index (χ1v) is 18.3. The van der Waals surface area contributed by atoms with Crippen LogP contribution in [0.15, 0.2) is 54.9 Å². The summed E-state index contributed by atoms with van der Waals surface area (Å²) < 4.78 is 47.9. The zero-order chi connectivity index (χ0) is 32.5. The van der Waals surface area contributed by atoms with Crippen LogP contribution in [-0.4, -0.2) is 72.3 Å². The van der Waals surface area contributed by atoms with E-state index in [0.29, 0.717) is 19.6 Å². The van der Waals surface area contributed by atoms with E-state index in [-0.39, 0.29) is 23.7 Å². The number of fused-ring (bicyclic) bond motifs is 1. The van der Waals surface area contributed by atoms with Crippen LogP contribution in [0.2, 0.25) is 0 Å². The Hall–Kier alpha value is -3.28. The molecule has 6 rings (SSSR count). The minimum absolute atomic E-state index is 0.0731. The van der Waals surface area contributed by atoms with Crippen molar-refractivity contribution >= 4 is 16.1 Å². The smallest absolute Gasteiger partial charge is 0.407 e. The van der Waals surface area contributed by atoms with Crippen LogP contribution >= 0.6 is 0 Å². The number of benzene rings is 2. The lowest BCUT2D eigenvalue weighted by Gasteiger charge is -2.51. The van der Waals surface area contributed by atoms with Crippen LogP contribution in [-0.2, 0) is 46.2 Å². The summed E-state index contributed by atoms with van der Waals surface area (Å²) in [6.45, 7) is 6.35. The van der Waals surface area contributed by atoms with Crippen molar-refractivity contribution in [3.8, 4) is 0 Å². The molecule has 46 heavy (non-hydrogen) atoms. The molecule has 248 valence electrons. The van der Waals surface area contributed by atoms with Gasteiger partial charge in [0.15, 0.2) is 0 Å². The van der Waals surface area contributed by atoms with E-state index in [4.69, 9.17) is 4.74 Å². The molecule has 1 saturated heterocycles. The molecule has 3 heterocycles. The molecule has 9 nitrogen and oxygen atoms in total. The first-order valence-electron chi connectivity index (χ1n) is 16.4. The summed E-state index contributed by atoms with van der Waals surface area (Å²) in [6.07, 6.45) is 10.3. The van der Waals surface area contributed by atoms with Gasteiger partial charge in [-0.3, -0.25) is 0 Å². The molecule has 1 aliphatic carbocycles. The van der Waals surface area contributed by atoms with E-state index >= 15 is 4.39 Å². The second-order valence-electron chi connectivity index (χ2n) is 13.4. The van der Waals surface area contributed by atoms with Crippen LogP contribution < -0.4 is 5.32 Å². The van der Waals surface area contributed by atoms with Crippen molar-refractivity contribution < 1.29 is 22.3 Å². The molecule has 1 saturated carbocycles. The van der Waals surface area contributed by atoms with Crippen LogP contribution in [0.5, 0.6) is 0 Å². The van der Waals surface area contributed by atoms with Gasteiger partial charge in [0.2, 0.25) is 10.0 Å². The number of nitrogens with zero attached hydrogens (tertiary/aromatic N) is 4. The first-order chi connectivity index (χ1) is 22.1. The number of likely N-dealkylation sites (tertiary alicyclic amines) is 1. The Morgan fingerprint density at radius 3 is 2.57 bits per heavy atom. The normalized spacial score (nSPS) is 22.4. The molecular formula is C35H46FN5O4S. The monoisotopic (exact) mass is 651 g/mol. The van der Waals surface area contributed by atoms with Gasteiger partial charge in [-0.2, -0.15) is 4.31 Å². The van der Waals surface area contributed by atoms with Crippen molar-refractivity contribution in [2.45, 2.75) is 76.5 Å². The van der Waals surface area contributed by atoms with Gasteiger partial charge in [0.05, 0.1) is 13.4 Å². The topological polar surface area (TPSA) is 96.8 Å². The van der Waals surface area contributed by atoms with Crippen LogP contribution in [0.1, 0.15) is 60.2 Å². The van der Waals surface area contributed by atoms with E-state index < -0.39 is 21.5 Å². The van der Waals surface area contributed by atoms with Gasteiger partial charge in [0.1, 0.15) is 11.6 Å². The number of rotatable bonds is 10. The maximum Gasteiger partial charge on any atom is 0.407 e. The molecule has 0 radical (unpaired) electrons. The number of nitrogens with one attached hydrogen (secondary N) is 1. The fourth-order valence-electron chi connectivity index (χ4n) is 8.45. The number of aryl methyl sites for hydroxylation is 1. The molecule has 3 atom stereocenters. The van der Waals surface area contributed by atoms with Crippen LogP contribution in [0.4, 0.5) is 9.18 Å². The van der Waals surface area contributed by atoms with Crippen molar-refractivity contribution in [3.63, 3.8) is 0 Å². The largest absolute Gasteiger partial charge is 0.453 e. The van der Waals surface area contributed by atoms with Gasteiger partial charge in [-0.1, -0.05) is 36.8 Å². The number of aromatic nitrogens is 2. The number of sulfonamides is 1. The Bertz CT molecular complexity index is 1650. The number of hydrogen-bond donors (Lipinski definition) is 1. The van der Waals surface area contributed by atoms with Gasteiger partial charge in [0.25, 0.3) is 0 Å². The molecule has 0 bridgehead atoms. The highest BCUT2D eigenvalue weighted by atomic mass is 32.2. The van der Waals surface area contributed by atoms with Gasteiger partial charge in [-0.15, -0.1) is 0 Å². The molecule has 2 fully saturated rings. The number of piperidine rings is 1. The highest BCUT2D eigenvalue weighted by molar-refractivity contribution is 7.88. The van der Waals surface area contributed by atoms with Gasteiger partial charge in [0, 0.05) is 50.0 Å². The fourth-order valence-corrected chi connectivity index (χ4v) is 9.19. The third-order valence-corrected chi connectivity index (χ3v) is 12.0. The molecule has 1 aromatic heterocycles. The molecule has 2 aliphatic heterocycles. The van der Waals surface area contributed by atoms with Gasteiger partial charge < -0.3 is 19.5 Å². The van der Waals surface area contributed by atoms with Crippen molar-refractivity contribution in [2.24, 2.45) is 11.8 Å². The number of methoxy groups -OCH3 is 1. The maximum absolute atomic E-state index is 15.0. The minimum Gasteiger partial charge on any atom is -0.453 e. The highest BCUT2D eigenvalue weighted by Gasteiger charge is 2.52. The Balaban J connectivity index is 1.23. The zero-order valence-corrected chi connectivity index (χ0v) is 27.9. The van der Waals surface area contributed by atoms with Gasteiger partial charge in [-0.25, -0.2) is 22.6 Å². The number of ether oxygens (including phenoxy) is 1. The Morgan fingerprint density at radius 1 is 1.09 bits per heavy atom. The van der Waals surface area contributed by atoms with E-state index in [1.54, 1.807) is 6.07 Å². The van der Waals surface area contributed by atoms with Crippen LogP contribution in [0.3, 0.4) is 0 Å². The lowest BCUT2D eigenvalue weighted by atomic mass is 9.58. The second kappa shape index (κ2) is 13.4. The number of imidazole rings is 1. The number of halogens is 1. The second-order valence-corrected chi connectivity index (χ2v) is 15.4. The summed E-state index contributed by atoms with van der Waals surface area (Å²) in [4.78, 5) is 19.5. The average Bonchev–Trinajstić information content (AvgIpc) is 3.79. The summed E-state index contributed by atoms with van der Waals surface area (Å²) in [5.74, 6) is 1.04. The summed E-state index contributed by atoms with van der Waals surface area (Å²) in [6, 6.07) is 13.4. The zero-order valence-electron chi connectivity index (χ0n) is 27.1. The quantitative estimate of drug-likeness (QED) is 0.331. The van der Waals surface area contributed by atoms with Crippen molar-refractivity contribution in [1.29, 1.82) is 0 Å². The van der Waals surface area contributed by atoms with E-state index in [0.717, 1.165) is 80.7 Å². The number of carbonyl (C=O) groups is 1. The molecule has 1 amide bonds. The third kappa shape index (κ3) is 6.73. The standard InChI is InChI=1S/C35H46FN5O4S/c1-25-37-15-19-40(25)24-35(30-6-4-7-31(36)21-30,32-8-5-9-33(32)38-34(42)45-2)29-13-17-39(18-14-29)16-12-26-10-11-27-22-41(46(3,43)44)23-28(27)20-26/h4,6-7,10-11,15,19-21,29,32-33H,5,8-9,12-14,16-18,22-24H2,1-3H3,(H,38,42)/t32-,33-,35-/m0/s1. The Kier molecular flexibility index (Phi) is 9.55. The predicted molar refractivity (Wildman–Crippen MR) is 175 cm³/mol. The lowest BCUT2D eigenvalue weighted by Crippen LogP contribution is -2.55.